The second kappa shape index (κ2) is 5.53. The maximum atomic E-state index is 11.7. The Morgan fingerprint density at radius 3 is 2.80 bits per heavy atom. The van der Waals surface area contributed by atoms with Crippen LogP contribution in [0.5, 0.6) is 0 Å². The largest absolute Gasteiger partial charge is 0.351 e. The van der Waals surface area contributed by atoms with Crippen molar-refractivity contribution in [2.75, 3.05) is 6.54 Å². The number of aromatic nitrogens is 2. The molecule has 1 aromatic heterocycles. The summed E-state index contributed by atoms with van der Waals surface area (Å²) >= 11 is 0. The lowest BCUT2D eigenvalue weighted by Crippen LogP contribution is -2.26. The summed E-state index contributed by atoms with van der Waals surface area (Å²) in [6, 6.07) is 1.80. The van der Waals surface area contributed by atoms with Crippen molar-refractivity contribution < 1.29 is 4.79 Å². The molecule has 15 heavy (non-hydrogen) atoms. The van der Waals surface area contributed by atoms with Crippen LogP contribution in [0.15, 0.2) is 6.07 Å². The summed E-state index contributed by atoms with van der Waals surface area (Å²) in [6.45, 7) is 4.77. The average molecular weight is 209 g/mol. The number of hydrogen-bond acceptors (Lipinski definition) is 2. The molecule has 1 N–H and O–H groups in total. The molecule has 1 aromatic rings. The summed E-state index contributed by atoms with van der Waals surface area (Å²) in [5.74, 6) is -0.0331. The standard InChI is InChI=1S/C11H19N3O/c1-4-5-6-7-12-11(15)10-8-9(2)13-14(10)3/h8H,4-7H2,1-3H3,(H,12,15). The molecule has 1 heterocycles. The molecule has 0 radical (unpaired) electrons. The maximum Gasteiger partial charge on any atom is 0.269 e. The molecule has 0 aliphatic carbocycles. The summed E-state index contributed by atoms with van der Waals surface area (Å²) in [6.07, 6.45) is 3.37. The molecule has 84 valence electrons. The Morgan fingerprint density at radius 2 is 2.27 bits per heavy atom. The van der Waals surface area contributed by atoms with Crippen LogP contribution in [0.3, 0.4) is 0 Å². The van der Waals surface area contributed by atoms with Crippen LogP contribution in [0.2, 0.25) is 0 Å². The van der Waals surface area contributed by atoms with Crippen molar-refractivity contribution in [1.29, 1.82) is 0 Å². The number of carbonyl (C=O) groups is 1. The Labute approximate surface area is 90.7 Å². The van der Waals surface area contributed by atoms with Crippen molar-refractivity contribution in [1.82, 2.24) is 15.1 Å². The predicted octanol–water partition coefficient (Wildman–Crippen LogP) is 1.65. The van der Waals surface area contributed by atoms with Crippen LogP contribution in [0, 0.1) is 6.92 Å². The molecular formula is C11H19N3O. The van der Waals surface area contributed by atoms with Gasteiger partial charge in [-0.15, -0.1) is 0 Å². The summed E-state index contributed by atoms with van der Waals surface area (Å²) < 4.78 is 1.62. The number of rotatable bonds is 5. The SMILES string of the molecule is CCCCCNC(=O)c1cc(C)nn1C. The highest BCUT2D eigenvalue weighted by molar-refractivity contribution is 5.92. The van der Waals surface area contributed by atoms with Crippen molar-refractivity contribution in [3.05, 3.63) is 17.5 Å². The van der Waals surface area contributed by atoms with Gasteiger partial charge in [0.1, 0.15) is 5.69 Å². The van der Waals surface area contributed by atoms with Crippen molar-refractivity contribution in [3.8, 4) is 0 Å². The normalized spacial score (nSPS) is 10.3. The first-order valence-corrected chi connectivity index (χ1v) is 5.44. The maximum absolute atomic E-state index is 11.7. The quantitative estimate of drug-likeness (QED) is 0.749. The van der Waals surface area contributed by atoms with Gasteiger partial charge in [0, 0.05) is 13.6 Å². The first-order valence-electron chi connectivity index (χ1n) is 5.44. The molecular weight excluding hydrogens is 190 g/mol. The number of unbranched alkanes of at least 4 members (excludes halogenated alkanes) is 2. The minimum absolute atomic E-state index is 0.0331. The van der Waals surface area contributed by atoms with Gasteiger partial charge >= 0.3 is 0 Å². The number of carbonyl (C=O) groups excluding carboxylic acids is 1. The molecule has 0 aromatic carbocycles. The third-order valence-corrected chi connectivity index (χ3v) is 2.30. The molecule has 0 bridgehead atoms. The molecule has 0 spiro atoms. The van der Waals surface area contributed by atoms with Crippen LogP contribution < -0.4 is 5.32 Å². The third kappa shape index (κ3) is 3.38. The van der Waals surface area contributed by atoms with Gasteiger partial charge in [0.25, 0.3) is 5.91 Å². The van der Waals surface area contributed by atoms with E-state index in [9.17, 15) is 4.79 Å². The highest BCUT2D eigenvalue weighted by Crippen LogP contribution is 2.01. The fourth-order valence-corrected chi connectivity index (χ4v) is 1.49. The van der Waals surface area contributed by atoms with E-state index in [0.717, 1.165) is 25.1 Å². The number of amides is 1. The summed E-state index contributed by atoms with van der Waals surface area (Å²) in [5, 5.41) is 7.02. The van der Waals surface area contributed by atoms with Crippen LogP contribution in [0.1, 0.15) is 42.4 Å². The predicted molar refractivity (Wildman–Crippen MR) is 59.8 cm³/mol. The Kier molecular flexibility index (Phi) is 4.34. The molecule has 0 saturated heterocycles. The zero-order valence-electron chi connectivity index (χ0n) is 9.71. The van der Waals surface area contributed by atoms with E-state index >= 15 is 0 Å². The van der Waals surface area contributed by atoms with Gasteiger partial charge in [0.2, 0.25) is 0 Å². The van der Waals surface area contributed by atoms with E-state index in [-0.39, 0.29) is 5.91 Å². The van der Waals surface area contributed by atoms with E-state index in [2.05, 4.69) is 17.3 Å². The smallest absolute Gasteiger partial charge is 0.269 e. The Balaban J connectivity index is 2.43. The molecule has 1 rings (SSSR count). The van der Waals surface area contributed by atoms with E-state index in [4.69, 9.17) is 0 Å². The molecule has 0 saturated carbocycles. The highest BCUT2D eigenvalue weighted by Gasteiger charge is 2.10. The van der Waals surface area contributed by atoms with E-state index in [1.165, 1.54) is 6.42 Å². The number of aryl methyl sites for hydroxylation is 2. The van der Waals surface area contributed by atoms with E-state index < -0.39 is 0 Å². The molecule has 0 unspecified atom stereocenters. The molecule has 0 aliphatic heterocycles. The minimum atomic E-state index is -0.0331. The Bertz CT molecular complexity index is 331. The monoisotopic (exact) mass is 209 g/mol. The second-order valence-corrected chi connectivity index (χ2v) is 3.76. The van der Waals surface area contributed by atoms with Gasteiger partial charge in [-0.05, 0) is 19.4 Å². The van der Waals surface area contributed by atoms with Crippen LogP contribution in [0.25, 0.3) is 0 Å². The van der Waals surface area contributed by atoms with Crippen LogP contribution in [-0.2, 0) is 7.05 Å². The molecule has 1 amide bonds. The van der Waals surface area contributed by atoms with Crippen LogP contribution in [-0.4, -0.2) is 22.2 Å². The number of nitrogens with one attached hydrogen (secondary N) is 1. The number of hydrogen-bond donors (Lipinski definition) is 1. The second-order valence-electron chi connectivity index (χ2n) is 3.76. The lowest BCUT2D eigenvalue weighted by Gasteiger charge is -2.04. The van der Waals surface area contributed by atoms with Crippen molar-refractivity contribution in [3.63, 3.8) is 0 Å². The van der Waals surface area contributed by atoms with E-state index in [0.29, 0.717) is 5.69 Å². The summed E-state index contributed by atoms with van der Waals surface area (Å²) in [7, 11) is 1.79. The zero-order valence-corrected chi connectivity index (χ0v) is 9.71. The third-order valence-electron chi connectivity index (χ3n) is 2.30. The van der Waals surface area contributed by atoms with Gasteiger partial charge in [-0.3, -0.25) is 9.48 Å². The van der Waals surface area contributed by atoms with Crippen LogP contribution in [0.4, 0.5) is 0 Å². The summed E-state index contributed by atoms with van der Waals surface area (Å²) in [5.41, 5.74) is 1.50. The fourth-order valence-electron chi connectivity index (χ4n) is 1.49. The average Bonchev–Trinajstić information content (AvgIpc) is 2.52. The minimum Gasteiger partial charge on any atom is -0.351 e. The molecule has 0 atom stereocenters. The van der Waals surface area contributed by atoms with Gasteiger partial charge in [0.15, 0.2) is 0 Å². The van der Waals surface area contributed by atoms with E-state index in [1.54, 1.807) is 17.8 Å². The molecule has 4 heteroatoms. The Hall–Kier alpha value is -1.32. The van der Waals surface area contributed by atoms with Gasteiger partial charge in [-0.25, -0.2) is 0 Å². The van der Waals surface area contributed by atoms with Crippen molar-refractivity contribution in [2.24, 2.45) is 7.05 Å². The first-order chi connectivity index (χ1) is 7.15. The van der Waals surface area contributed by atoms with Crippen molar-refractivity contribution in [2.45, 2.75) is 33.1 Å². The van der Waals surface area contributed by atoms with Gasteiger partial charge in [0.05, 0.1) is 5.69 Å². The van der Waals surface area contributed by atoms with Crippen LogP contribution >= 0.6 is 0 Å². The van der Waals surface area contributed by atoms with Gasteiger partial charge < -0.3 is 5.32 Å². The number of nitrogens with zero attached hydrogens (tertiary/aromatic N) is 2. The Morgan fingerprint density at radius 1 is 1.53 bits per heavy atom. The highest BCUT2D eigenvalue weighted by atomic mass is 16.2. The molecule has 4 nitrogen and oxygen atoms in total. The first kappa shape index (κ1) is 11.8. The van der Waals surface area contributed by atoms with Gasteiger partial charge in [-0.1, -0.05) is 19.8 Å². The molecule has 0 aliphatic rings. The lowest BCUT2D eigenvalue weighted by atomic mass is 10.2. The van der Waals surface area contributed by atoms with Crippen molar-refractivity contribution >= 4 is 5.91 Å². The molecule has 0 fully saturated rings. The topological polar surface area (TPSA) is 46.9 Å². The van der Waals surface area contributed by atoms with E-state index in [1.807, 2.05) is 6.92 Å². The lowest BCUT2D eigenvalue weighted by molar-refractivity contribution is 0.0943. The van der Waals surface area contributed by atoms with Gasteiger partial charge in [-0.2, -0.15) is 5.10 Å². The fraction of sp³-hybridized carbons (Fsp3) is 0.636. The summed E-state index contributed by atoms with van der Waals surface area (Å²) in [4.78, 5) is 11.7. The zero-order chi connectivity index (χ0) is 11.3.